The maximum atomic E-state index is 6.15. The fourth-order valence-electron chi connectivity index (χ4n) is 9.14. The van der Waals surface area contributed by atoms with Gasteiger partial charge in [0.2, 0.25) is 11.4 Å². The van der Waals surface area contributed by atoms with Gasteiger partial charge in [-0.2, -0.15) is 0 Å². The lowest BCUT2D eigenvalue weighted by Crippen LogP contribution is -2.09. The van der Waals surface area contributed by atoms with Gasteiger partial charge in [0.15, 0.2) is 0 Å². The average molecular weight is 964 g/mol. The molecule has 0 aliphatic carbocycles. The van der Waals surface area contributed by atoms with E-state index in [0.717, 1.165) is 105 Å². The van der Waals surface area contributed by atoms with Gasteiger partial charge >= 0.3 is 0 Å². The summed E-state index contributed by atoms with van der Waals surface area (Å²) in [6, 6.07) is 81.6. The molecule has 0 atom stereocenters. The van der Waals surface area contributed by atoms with Crippen molar-refractivity contribution >= 4 is 106 Å². The molecule has 0 amide bonds. The van der Waals surface area contributed by atoms with Crippen molar-refractivity contribution < 1.29 is 8.83 Å². The van der Waals surface area contributed by atoms with E-state index >= 15 is 0 Å². The van der Waals surface area contributed by atoms with Crippen molar-refractivity contribution in [2.75, 3.05) is 10.2 Å². The fourth-order valence-corrected chi connectivity index (χ4v) is 9.33. The van der Waals surface area contributed by atoms with Crippen LogP contribution in [0.5, 0.6) is 0 Å². The molecule has 9 heteroatoms. The van der Waals surface area contributed by atoms with Crippen molar-refractivity contribution in [2.45, 2.75) is 0 Å². The van der Waals surface area contributed by atoms with Gasteiger partial charge in [-0.1, -0.05) is 169 Å². The van der Waals surface area contributed by atoms with Crippen LogP contribution in [0.2, 0.25) is 5.02 Å². The minimum Gasteiger partial charge on any atom is -0.436 e. The zero-order valence-electron chi connectivity index (χ0n) is 39.2. The van der Waals surface area contributed by atoms with Crippen molar-refractivity contribution in [3.05, 3.63) is 260 Å². The summed E-state index contributed by atoms with van der Waals surface area (Å²) in [5.41, 5.74) is 13.1. The number of anilines is 5. The summed E-state index contributed by atoms with van der Waals surface area (Å²) in [6.07, 6.45) is 3.61. The highest BCUT2D eigenvalue weighted by molar-refractivity contribution is 6.30. The van der Waals surface area contributed by atoms with Crippen LogP contribution in [0.3, 0.4) is 0 Å². The summed E-state index contributed by atoms with van der Waals surface area (Å²) in [5.74, 6) is 0. The second-order valence-electron chi connectivity index (χ2n) is 17.3. The van der Waals surface area contributed by atoms with Crippen LogP contribution >= 0.6 is 11.6 Å². The Bertz CT molecular complexity index is 4130. The Morgan fingerprint density at radius 2 is 0.808 bits per heavy atom. The van der Waals surface area contributed by atoms with Crippen molar-refractivity contribution in [1.29, 1.82) is 0 Å². The Labute approximate surface area is 425 Å². The molecule has 348 valence electrons. The highest BCUT2D eigenvalue weighted by Gasteiger charge is 2.17. The van der Waals surface area contributed by atoms with E-state index in [0.29, 0.717) is 16.4 Å². The van der Waals surface area contributed by atoms with Crippen LogP contribution in [-0.4, -0.2) is 19.9 Å². The molecule has 4 heterocycles. The minimum atomic E-state index is 0.541. The fraction of sp³-hybridized carbons (Fsp3) is 0. The van der Waals surface area contributed by atoms with E-state index < -0.39 is 0 Å². The van der Waals surface area contributed by atoms with Crippen LogP contribution in [0.25, 0.3) is 88.5 Å². The molecule has 4 aromatic heterocycles. The number of nitrogens with one attached hydrogen (secondary N) is 1. The van der Waals surface area contributed by atoms with Gasteiger partial charge in [-0.15, -0.1) is 0 Å². The molecule has 0 bridgehead atoms. The van der Waals surface area contributed by atoms with E-state index in [1.54, 1.807) is 6.20 Å². The largest absolute Gasteiger partial charge is 0.436 e. The van der Waals surface area contributed by atoms with Gasteiger partial charge in [0.25, 0.3) is 0 Å². The quantitative estimate of drug-likeness (QED) is 0.169. The van der Waals surface area contributed by atoms with Crippen molar-refractivity contribution in [2.24, 2.45) is 0 Å². The zero-order valence-corrected chi connectivity index (χ0v) is 39.9. The molecule has 73 heavy (non-hydrogen) atoms. The van der Waals surface area contributed by atoms with E-state index in [-0.39, 0.29) is 0 Å². The highest BCUT2D eigenvalue weighted by atomic mass is 35.5. The molecule has 14 rings (SSSR count). The number of fused-ring (bicyclic) bond motifs is 10. The third-order valence-corrected chi connectivity index (χ3v) is 12.8. The van der Waals surface area contributed by atoms with Crippen LogP contribution in [0.4, 0.5) is 28.4 Å². The monoisotopic (exact) mass is 962 g/mol. The highest BCUT2D eigenvalue weighted by Crippen LogP contribution is 2.38. The number of furan rings is 2. The van der Waals surface area contributed by atoms with Crippen LogP contribution in [-0.2, 0) is 0 Å². The van der Waals surface area contributed by atoms with Gasteiger partial charge in [-0.25, -0.2) is 19.9 Å². The topological polar surface area (TPSA) is 93.1 Å². The van der Waals surface area contributed by atoms with Crippen molar-refractivity contribution in [3.8, 4) is 22.5 Å². The van der Waals surface area contributed by atoms with Crippen LogP contribution < -0.4 is 10.2 Å². The summed E-state index contributed by atoms with van der Waals surface area (Å²) >= 11 is 6.07. The van der Waals surface area contributed by atoms with Crippen LogP contribution in [0.15, 0.2) is 264 Å². The van der Waals surface area contributed by atoms with E-state index in [1.807, 2.05) is 140 Å². The predicted molar refractivity (Wildman–Crippen MR) is 300 cm³/mol. The molecule has 1 N–H and O–H groups in total. The molecule has 0 unspecified atom stereocenters. The lowest BCUT2D eigenvalue weighted by molar-refractivity contribution is 0.653. The second kappa shape index (κ2) is 20.0. The van der Waals surface area contributed by atoms with E-state index in [2.05, 4.69) is 129 Å². The first-order valence-electron chi connectivity index (χ1n) is 23.9. The average Bonchev–Trinajstić information content (AvgIpc) is 4.03. The Hall–Kier alpha value is -9.63. The molecule has 0 aliphatic heterocycles. The van der Waals surface area contributed by atoms with Crippen molar-refractivity contribution in [3.63, 3.8) is 0 Å². The van der Waals surface area contributed by atoms with E-state index in [1.165, 1.54) is 0 Å². The first-order chi connectivity index (χ1) is 36.1. The molecule has 0 saturated carbocycles. The molecule has 0 saturated heterocycles. The van der Waals surface area contributed by atoms with E-state index in [4.69, 9.17) is 30.4 Å². The summed E-state index contributed by atoms with van der Waals surface area (Å²) in [5, 5.41) is 10.6. The number of hydrogen-bond donors (Lipinski definition) is 1. The first-order valence-corrected chi connectivity index (χ1v) is 24.3. The summed E-state index contributed by atoms with van der Waals surface area (Å²) in [7, 11) is 0. The van der Waals surface area contributed by atoms with Crippen LogP contribution in [0, 0.1) is 0 Å². The van der Waals surface area contributed by atoms with Gasteiger partial charge < -0.3 is 19.1 Å². The second-order valence-corrected chi connectivity index (χ2v) is 17.7. The van der Waals surface area contributed by atoms with E-state index in [9.17, 15) is 0 Å². The molecular formula is C64H43ClN6O2. The summed E-state index contributed by atoms with van der Waals surface area (Å²) < 4.78 is 12.1. The molecule has 0 radical (unpaired) electrons. The lowest BCUT2D eigenvalue weighted by Gasteiger charge is -2.25. The zero-order chi connectivity index (χ0) is 48.9. The molecule has 8 nitrogen and oxygen atoms in total. The third kappa shape index (κ3) is 9.30. The smallest absolute Gasteiger partial charge is 0.246 e. The minimum absolute atomic E-state index is 0.541. The molecule has 14 aromatic rings. The van der Waals surface area contributed by atoms with Crippen LogP contribution in [0.1, 0.15) is 0 Å². The number of para-hydroxylation sites is 4. The maximum Gasteiger partial charge on any atom is 0.246 e. The summed E-state index contributed by atoms with van der Waals surface area (Å²) in [4.78, 5) is 21.2. The number of hydrogen-bond acceptors (Lipinski definition) is 8. The number of benzene rings is 10. The molecule has 10 aromatic carbocycles. The number of rotatable bonds is 7. The lowest BCUT2D eigenvalue weighted by atomic mass is 10.1. The first kappa shape index (κ1) is 44.6. The van der Waals surface area contributed by atoms with Gasteiger partial charge in [0.05, 0.1) is 34.6 Å². The van der Waals surface area contributed by atoms with Gasteiger partial charge in [0, 0.05) is 44.6 Å². The Kier molecular flexibility index (Phi) is 12.2. The Morgan fingerprint density at radius 1 is 0.384 bits per heavy atom. The van der Waals surface area contributed by atoms with Gasteiger partial charge in [0.1, 0.15) is 22.2 Å². The van der Waals surface area contributed by atoms with Gasteiger partial charge in [-0.3, -0.25) is 0 Å². The third-order valence-electron chi connectivity index (χ3n) is 12.5. The Morgan fingerprint density at radius 3 is 1.30 bits per heavy atom. The summed E-state index contributed by atoms with van der Waals surface area (Å²) in [6.45, 7) is 0. The van der Waals surface area contributed by atoms with Crippen molar-refractivity contribution in [1.82, 2.24) is 19.9 Å². The molecule has 0 aliphatic rings. The maximum absolute atomic E-state index is 6.15. The standard InChI is InChI=1S/C32H21N3O.C20H11ClN2O.C12H11N/c1-3-12-24(13-4-1)35(25-14-5-2-6-15-25)26-16-9-11-23(20-26)28-21-33-31-30-27-17-8-7-10-22(27)18-19-29(30)36-32(31)34-28;21-14-6-3-5-13(10-14)16-11-22-19-18-15-7-2-1-4-12(15)8-9-17(18)24-20(19)23-16;1-3-7-11(8-4-1)13-12-9-5-2-6-10-12/h1-21H;1-11H;1-10,13H. The van der Waals surface area contributed by atoms with Gasteiger partial charge in [-0.05, 0) is 106 Å². The predicted octanol–water partition coefficient (Wildman–Crippen LogP) is 17.9. The number of aromatic nitrogens is 4. The Balaban J connectivity index is 0.000000125. The number of halogens is 1. The molecule has 0 fully saturated rings. The normalized spacial score (nSPS) is 11.1. The molecule has 0 spiro atoms. The molecular weight excluding hydrogens is 920 g/mol. The number of nitrogens with zero attached hydrogens (tertiary/aromatic N) is 5. The SMILES string of the molecule is Clc1cccc(-c2cnc3c(n2)oc2ccc4ccccc4c23)c1.c1ccc(N(c2ccccc2)c2cccc(-c3cnc4c(n3)oc3ccc5ccccc5c34)c2)cc1.c1ccc(Nc2ccccc2)cc1.